The number of benzene rings is 1. The summed E-state index contributed by atoms with van der Waals surface area (Å²) in [6.45, 7) is 2.14. The van der Waals surface area contributed by atoms with Crippen LogP contribution in [0.25, 0.3) is 0 Å². The van der Waals surface area contributed by atoms with Gasteiger partial charge in [-0.2, -0.15) is 0 Å². The molecule has 2 heteroatoms. The summed E-state index contributed by atoms with van der Waals surface area (Å²) in [6, 6.07) is 8.71. The molecule has 0 unspecified atom stereocenters. The molecule has 1 saturated carbocycles. The molecule has 0 aromatic heterocycles. The van der Waals surface area contributed by atoms with Gasteiger partial charge in [0, 0.05) is 6.04 Å². The van der Waals surface area contributed by atoms with E-state index in [9.17, 15) is 0 Å². The van der Waals surface area contributed by atoms with Gasteiger partial charge < -0.3 is 5.73 Å². The molecule has 0 radical (unpaired) electrons. The quantitative estimate of drug-likeness (QED) is 0.776. The second kappa shape index (κ2) is 4.12. The van der Waals surface area contributed by atoms with Gasteiger partial charge in [-0.3, -0.25) is 0 Å². The van der Waals surface area contributed by atoms with Gasteiger partial charge in [-0.25, -0.2) is 0 Å². The molecule has 0 bridgehead atoms. The first-order valence-electron chi connectivity index (χ1n) is 4.60. The Morgan fingerprint density at radius 3 is 2.46 bits per heavy atom. The van der Waals surface area contributed by atoms with E-state index in [1.807, 2.05) is 0 Å². The van der Waals surface area contributed by atoms with Crippen LogP contribution in [0.1, 0.15) is 30.0 Å². The highest BCUT2D eigenvalue weighted by molar-refractivity contribution is 5.85. The van der Waals surface area contributed by atoms with Crippen LogP contribution < -0.4 is 5.73 Å². The number of nitrogens with two attached hydrogens (primary N) is 1. The number of hydrogen-bond donors (Lipinski definition) is 1. The van der Waals surface area contributed by atoms with Gasteiger partial charge in [-0.05, 0) is 36.8 Å². The van der Waals surface area contributed by atoms with Crippen LogP contribution in [-0.4, -0.2) is 0 Å². The largest absolute Gasteiger partial charge is 0.324 e. The Bertz CT molecular complexity index is 281. The second-order valence-corrected chi connectivity index (χ2v) is 3.72. The normalized spacial score (nSPS) is 17.7. The van der Waals surface area contributed by atoms with Crippen molar-refractivity contribution in [1.82, 2.24) is 0 Å². The molecule has 2 rings (SSSR count). The molecule has 2 N–H and O–H groups in total. The Labute approximate surface area is 85.7 Å². The van der Waals surface area contributed by atoms with Gasteiger partial charge in [-0.1, -0.05) is 24.3 Å². The van der Waals surface area contributed by atoms with E-state index in [-0.39, 0.29) is 18.4 Å². The standard InChI is InChI=1S/C11H15N.ClH/c1-8-4-2-3-5-10(8)11(12)9-6-7-9;/h2-5,9,11H,6-7,12H2,1H3;1H/t11-;/m0./s1. The van der Waals surface area contributed by atoms with Crippen molar-refractivity contribution < 1.29 is 0 Å². The highest BCUT2D eigenvalue weighted by Gasteiger charge is 2.29. The van der Waals surface area contributed by atoms with Crippen molar-refractivity contribution in [2.75, 3.05) is 0 Å². The molecule has 0 saturated heterocycles. The van der Waals surface area contributed by atoms with Crippen LogP contribution in [0.5, 0.6) is 0 Å². The van der Waals surface area contributed by atoms with E-state index in [2.05, 4.69) is 31.2 Å². The van der Waals surface area contributed by atoms with Crippen LogP contribution >= 0.6 is 12.4 Å². The number of rotatable bonds is 2. The van der Waals surface area contributed by atoms with Crippen molar-refractivity contribution in [3.05, 3.63) is 35.4 Å². The fraction of sp³-hybridized carbons (Fsp3) is 0.455. The van der Waals surface area contributed by atoms with Crippen molar-refractivity contribution in [3.63, 3.8) is 0 Å². The molecule has 1 atom stereocenters. The molecule has 1 aliphatic carbocycles. The van der Waals surface area contributed by atoms with Crippen LogP contribution in [0.3, 0.4) is 0 Å². The average Bonchev–Trinajstić information content (AvgIpc) is 2.86. The van der Waals surface area contributed by atoms with Crippen molar-refractivity contribution >= 4 is 12.4 Å². The lowest BCUT2D eigenvalue weighted by molar-refractivity contribution is 0.630. The third-order valence-electron chi connectivity index (χ3n) is 2.68. The van der Waals surface area contributed by atoms with Gasteiger partial charge in [0.2, 0.25) is 0 Å². The van der Waals surface area contributed by atoms with Crippen molar-refractivity contribution in [1.29, 1.82) is 0 Å². The van der Waals surface area contributed by atoms with E-state index in [1.54, 1.807) is 0 Å². The van der Waals surface area contributed by atoms with Gasteiger partial charge in [0.1, 0.15) is 0 Å². The van der Waals surface area contributed by atoms with Gasteiger partial charge in [0.05, 0.1) is 0 Å². The molecule has 1 aromatic rings. The predicted molar refractivity (Wildman–Crippen MR) is 58.1 cm³/mol. The van der Waals surface area contributed by atoms with E-state index < -0.39 is 0 Å². The topological polar surface area (TPSA) is 26.0 Å². The predicted octanol–water partition coefficient (Wildman–Crippen LogP) is 2.83. The van der Waals surface area contributed by atoms with Crippen LogP contribution in [0.15, 0.2) is 24.3 Å². The summed E-state index contributed by atoms with van der Waals surface area (Å²) in [4.78, 5) is 0. The molecule has 1 aliphatic rings. The van der Waals surface area contributed by atoms with Crippen LogP contribution in [0.2, 0.25) is 0 Å². The van der Waals surface area contributed by atoms with Crippen molar-refractivity contribution in [3.8, 4) is 0 Å². The summed E-state index contributed by atoms with van der Waals surface area (Å²) in [6.07, 6.45) is 2.63. The highest BCUT2D eigenvalue weighted by Crippen LogP contribution is 2.40. The Kier molecular flexibility index (Phi) is 3.34. The average molecular weight is 198 g/mol. The van der Waals surface area contributed by atoms with Gasteiger partial charge >= 0.3 is 0 Å². The van der Waals surface area contributed by atoms with Crippen LogP contribution in [-0.2, 0) is 0 Å². The Morgan fingerprint density at radius 2 is 1.92 bits per heavy atom. The van der Waals surface area contributed by atoms with Gasteiger partial charge in [-0.15, -0.1) is 12.4 Å². The summed E-state index contributed by atoms with van der Waals surface area (Å²) in [5, 5.41) is 0. The number of halogens is 1. The van der Waals surface area contributed by atoms with E-state index in [4.69, 9.17) is 5.73 Å². The molecule has 13 heavy (non-hydrogen) atoms. The summed E-state index contributed by atoms with van der Waals surface area (Å²) in [7, 11) is 0. The number of hydrogen-bond acceptors (Lipinski definition) is 1. The summed E-state index contributed by atoms with van der Waals surface area (Å²) in [5.74, 6) is 0.756. The molecular formula is C11H16ClN. The van der Waals surface area contributed by atoms with E-state index in [1.165, 1.54) is 24.0 Å². The molecule has 1 aromatic carbocycles. The summed E-state index contributed by atoms with van der Waals surface area (Å²) in [5.41, 5.74) is 8.76. The van der Waals surface area contributed by atoms with Crippen LogP contribution in [0.4, 0.5) is 0 Å². The Balaban J connectivity index is 0.000000845. The molecule has 0 spiro atoms. The Morgan fingerprint density at radius 1 is 1.31 bits per heavy atom. The fourth-order valence-electron chi connectivity index (χ4n) is 1.67. The lowest BCUT2D eigenvalue weighted by Crippen LogP contribution is -2.13. The fourth-order valence-corrected chi connectivity index (χ4v) is 1.67. The minimum absolute atomic E-state index is 0. The molecule has 1 nitrogen and oxygen atoms in total. The van der Waals surface area contributed by atoms with Gasteiger partial charge in [0.25, 0.3) is 0 Å². The van der Waals surface area contributed by atoms with Gasteiger partial charge in [0.15, 0.2) is 0 Å². The molecule has 0 heterocycles. The zero-order chi connectivity index (χ0) is 8.55. The summed E-state index contributed by atoms with van der Waals surface area (Å²) >= 11 is 0. The molecule has 72 valence electrons. The molecule has 0 amide bonds. The lowest BCUT2D eigenvalue weighted by Gasteiger charge is -2.12. The minimum Gasteiger partial charge on any atom is -0.324 e. The summed E-state index contributed by atoms with van der Waals surface area (Å²) < 4.78 is 0. The Hall–Kier alpha value is -0.530. The lowest BCUT2D eigenvalue weighted by atomic mass is 9.99. The zero-order valence-corrected chi connectivity index (χ0v) is 8.68. The smallest absolute Gasteiger partial charge is 0.0326 e. The third-order valence-corrected chi connectivity index (χ3v) is 2.68. The third kappa shape index (κ3) is 2.23. The van der Waals surface area contributed by atoms with Crippen LogP contribution in [0, 0.1) is 12.8 Å². The van der Waals surface area contributed by atoms with E-state index in [0.29, 0.717) is 0 Å². The maximum Gasteiger partial charge on any atom is 0.0326 e. The van der Waals surface area contributed by atoms with E-state index in [0.717, 1.165) is 5.92 Å². The van der Waals surface area contributed by atoms with E-state index >= 15 is 0 Å². The SMILES string of the molecule is Cc1ccccc1[C@@H](N)C1CC1.Cl. The zero-order valence-electron chi connectivity index (χ0n) is 7.86. The number of aryl methyl sites for hydroxylation is 1. The second-order valence-electron chi connectivity index (χ2n) is 3.72. The minimum atomic E-state index is 0. The first kappa shape index (κ1) is 10.6. The molecule has 1 fully saturated rings. The molecule has 0 aliphatic heterocycles. The first-order valence-corrected chi connectivity index (χ1v) is 4.60. The first-order chi connectivity index (χ1) is 5.79. The monoisotopic (exact) mass is 197 g/mol. The maximum absolute atomic E-state index is 6.10. The van der Waals surface area contributed by atoms with Crippen molar-refractivity contribution in [2.24, 2.45) is 11.7 Å². The maximum atomic E-state index is 6.10. The molecular weight excluding hydrogens is 182 g/mol. The highest BCUT2D eigenvalue weighted by atomic mass is 35.5. The van der Waals surface area contributed by atoms with Crippen molar-refractivity contribution in [2.45, 2.75) is 25.8 Å².